The van der Waals surface area contributed by atoms with Gasteiger partial charge in [-0.3, -0.25) is 0 Å². The van der Waals surface area contributed by atoms with E-state index in [4.69, 9.17) is 16.3 Å². The lowest BCUT2D eigenvalue weighted by atomic mass is 9.86. The number of hydrogen-bond acceptors (Lipinski definition) is 3. The van der Waals surface area contributed by atoms with Crippen LogP contribution in [0.4, 0.5) is 0 Å². The first-order valence-corrected chi connectivity index (χ1v) is 5.94. The van der Waals surface area contributed by atoms with Gasteiger partial charge < -0.3 is 9.84 Å². The van der Waals surface area contributed by atoms with E-state index in [-0.39, 0.29) is 0 Å². The third kappa shape index (κ3) is 1.88. The molecule has 0 saturated heterocycles. The zero-order chi connectivity index (χ0) is 12.6. The van der Waals surface area contributed by atoms with Crippen molar-refractivity contribution >= 4 is 11.6 Å². The van der Waals surface area contributed by atoms with Crippen LogP contribution in [0.5, 0.6) is 5.75 Å². The molecule has 1 unspecified atom stereocenters. The molecule has 0 aromatic heterocycles. The fraction of sp³-hybridized carbons (Fsp3) is 0.462. The second kappa shape index (κ2) is 4.21. The van der Waals surface area contributed by atoms with Gasteiger partial charge in [-0.15, -0.1) is 0 Å². The lowest BCUT2D eigenvalue weighted by Gasteiger charge is -2.23. The standard InChI is InChI=1S/C13H14ClNO2/c1-8-6-10-11(9(2)12(8)14)13(16,7-15)4-3-5-17-10/h6,16H,3-5H2,1-2H3. The van der Waals surface area contributed by atoms with Crippen molar-refractivity contribution in [3.05, 3.63) is 27.8 Å². The second-order valence-electron chi connectivity index (χ2n) is 4.43. The van der Waals surface area contributed by atoms with Crippen LogP contribution in [-0.2, 0) is 5.60 Å². The molecule has 1 heterocycles. The molecule has 1 aliphatic heterocycles. The first-order chi connectivity index (χ1) is 7.99. The maximum atomic E-state index is 10.4. The van der Waals surface area contributed by atoms with E-state index < -0.39 is 5.60 Å². The number of nitrogens with zero attached hydrogens (tertiary/aromatic N) is 1. The molecule has 3 nitrogen and oxygen atoms in total. The molecule has 0 aliphatic carbocycles. The molecule has 0 radical (unpaired) electrons. The van der Waals surface area contributed by atoms with Crippen LogP contribution in [0.25, 0.3) is 0 Å². The van der Waals surface area contributed by atoms with Gasteiger partial charge in [-0.1, -0.05) is 11.6 Å². The monoisotopic (exact) mass is 251 g/mol. The molecule has 1 aromatic rings. The van der Waals surface area contributed by atoms with Crippen LogP contribution in [0.3, 0.4) is 0 Å². The summed E-state index contributed by atoms with van der Waals surface area (Å²) in [7, 11) is 0. The van der Waals surface area contributed by atoms with Gasteiger partial charge >= 0.3 is 0 Å². The second-order valence-corrected chi connectivity index (χ2v) is 4.81. The van der Waals surface area contributed by atoms with Crippen LogP contribution >= 0.6 is 11.6 Å². The number of aliphatic hydroxyl groups is 1. The van der Waals surface area contributed by atoms with E-state index in [2.05, 4.69) is 0 Å². The summed E-state index contributed by atoms with van der Waals surface area (Å²) in [4.78, 5) is 0. The van der Waals surface area contributed by atoms with Gasteiger partial charge in [0.1, 0.15) is 11.8 Å². The Morgan fingerprint density at radius 2 is 2.24 bits per heavy atom. The van der Waals surface area contributed by atoms with Crippen LogP contribution in [-0.4, -0.2) is 11.7 Å². The van der Waals surface area contributed by atoms with E-state index in [1.54, 1.807) is 6.07 Å². The molecule has 0 saturated carbocycles. The summed E-state index contributed by atoms with van der Waals surface area (Å²) >= 11 is 6.18. The van der Waals surface area contributed by atoms with Gasteiger partial charge in [0, 0.05) is 10.6 Å². The molecule has 0 amide bonds. The summed E-state index contributed by atoms with van der Waals surface area (Å²) < 4.78 is 5.59. The van der Waals surface area contributed by atoms with Gasteiger partial charge in [0.05, 0.1) is 6.61 Å². The number of fused-ring (bicyclic) bond motifs is 1. The first-order valence-electron chi connectivity index (χ1n) is 5.56. The summed E-state index contributed by atoms with van der Waals surface area (Å²) in [6.07, 6.45) is 1.02. The molecule has 2 rings (SSSR count). The minimum Gasteiger partial charge on any atom is -0.493 e. The number of hydrogen-bond donors (Lipinski definition) is 1. The Kier molecular flexibility index (Phi) is 3.03. The molecule has 1 N–H and O–H groups in total. The van der Waals surface area contributed by atoms with Crippen molar-refractivity contribution in [1.29, 1.82) is 5.26 Å². The molecular formula is C13H14ClNO2. The topological polar surface area (TPSA) is 53.2 Å². The van der Waals surface area contributed by atoms with Crippen LogP contribution in [0.2, 0.25) is 5.02 Å². The van der Waals surface area contributed by atoms with Crippen LogP contribution in [0.1, 0.15) is 29.5 Å². The maximum absolute atomic E-state index is 10.4. The van der Waals surface area contributed by atoms with E-state index in [0.29, 0.717) is 35.8 Å². The third-order valence-corrected chi connectivity index (χ3v) is 3.77. The Hall–Kier alpha value is -1.24. The Balaban J connectivity index is 2.74. The summed E-state index contributed by atoms with van der Waals surface area (Å²) in [5.74, 6) is 0.575. The van der Waals surface area contributed by atoms with E-state index >= 15 is 0 Å². The third-order valence-electron chi connectivity index (χ3n) is 3.18. The predicted molar refractivity (Wildman–Crippen MR) is 65.2 cm³/mol. The highest BCUT2D eigenvalue weighted by molar-refractivity contribution is 6.32. The molecule has 0 fully saturated rings. The van der Waals surface area contributed by atoms with Gasteiger partial charge in [-0.2, -0.15) is 5.26 Å². The van der Waals surface area contributed by atoms with Crippen molar-refractivity contribution < 1.29 is 9.84 Å². The summed E-state index contributed by atoms with van der Waals surface area (Å²) in [6.45, 7) is 4.21. The first kappa shape index (κ1) is 12.2. The number of benzene rings is 1. The molecule has 4 heteroatoms. The summed E-state index contributed by atoms with van der Waals surface area (Å²) in [5.41, 5.74) is 0.651. The zero-order valence-corrected chi connectivity index (χ0v) is 10.6. The van der Waals surface area contributed by atoms with Crippen LogP contribution in [0.15, 0.2) is 6.07 Å². The molecule has 90 valence electrons. The van der Waals surface area contributed by atoms with Gasteiger partial charge in [-0.05, 0) is 43.9 Å². The van der Waals surface area contributed by atoms with Gasteiger partial charge in [0.2, 0.25) is 0 Å². The van der Waals surface area contributed by atoms with E-state index in [9.17, 15) is 10.4 Å². The minimum atomic E-state index is -1.49. The average Bonchev–Trinajstić information content (AvgIpc) is 2.46. The molecule has 17 heavy (non-hydrogen) atoms. The Labute approximate surface area is 106 Å². The van der Waals surface area contributed by atoms with E-state index in [0.717, 1.165) is 11.1 Å². The quantitative estimate of drug-likeness (QED) is 0.722. The van der Waals surface area contributed by atoms with Crippen LogP contribution < -0.4 is 4.74 Å². The zero-order valence-electron chi connectivity index (χ0n) is 9.88. The smallest absolute Gasteiger partial charge is 0.180 e. The average molecular weight is 252 g/mol. The molecule has 1 aromatic carbocycles. The fourth-order valence-corrected chi connectivity index (χ4v) is 2.45. The lowest BCUT2D eigenvalue weighted by Crippen LogP contribution is -2.24. The molecular weight excluding hydrogens is 238 g/mol. The number of aryl methyl sites for hydroxylation is 1. The SMILES string of the molecule is Cc1cc2c(c(C)c1Cl)C(O)(C#N)CCCO2. The van der Waals surface area contributed by atoms with E-state index in [1.807, 2.05) is 19.9 Å². The molecule has 1 atom stereocenters. The maximum Gasteiger partial charge on any atom is 0.180 e. The van der Waals surface area contributed by atoms with Crippen LogP contribution in [0, 0.1) is 25.2 Å². The molecule has 1 aliphatic rings. The van der Waals surface area contributed by atoms with Gasteiger partial charge in [-0.25, -0.2) is 0 Å². The molecule has 0 spiro atoms. The summed E-state index contributed by atoms with van der Waals surface area (Å²) in [5, 5.41) is 20.2. The predicted octanol–water partition coefficient (Wildman–Crippen LogP) is 2.84. The highest BCUT2D eigenvalue weighted by Gasteiger charge is 2.36. The highest BCUT2D eigenvalue weighted by atomic mass is 35.5. The number of ether oxygens (including phenoxy) is 1. The highest BCUT2D eigenvalue weighted by Crippen LogP contribution is 2.42. The Bertz CT molecular complexity index is 507. The summed E-state index contributed by atoms with van der Waals surface area (Å²) in [6, 6.07) is 3.77. The van der Waals surface area contributed by atoms with Crippen molar-refractivity contribution in [1.82, 2.24) is 0 Å². The lowest BCUT2D eigenvalue weighted by molar-refractivity contribution is 0.0878. The van der Waals surface area contributed by atoms with Gasteiger partial charge in [0.15, 0.2) is 5.60 Å². The number of halogens is 1. The normalized spacial score (nSPS) is 23.2. The van der Waals surface area contributed by atoms with Crippen molar-refractivity contribution in [3.8, 4) is 11.8 Å². The number of nitriles is 1. The van der Waals surface area contributed by atoms with Crippen molar-refractivity contribution in [2.45, 2.75) is 32.3 Å². The Morgan fingerprint density at radius 1 is 1.53 bits per heavy atom. The Morgan fingerprint density at radius 3 is 2.88 bits per heavy atom. The van der Waals surface area contributed by atoms with Crippen molar-refractivity contribution in [2.75, 3.05) is 6.61 Å². The minimum absolute atomic E-state index is 0.372. The number of rotatable bonds is 0. The fourth-order valence-electron chi connectivity index (χ4n) is 2.30. The van der Waals surface area contributed by atoms with E-state index in [1.165, 1.54) is 0 Å². The largest absolute Gasteiger partial charge is 0.493 e. The van der Waals surface area contributed by atoms with Crippen molar-refractivity contribution in [3.63, 3.8) is 0 Å². The van der Waals surface area contributed by atoms with Gasteiger partial charge in [0.25, 0.3) is 0 Å². The van der Waals surface area contributed by atoms with Crippen molar-refractivity contribution in [2.24, 2.45) is 0 Å². The molecule has 0 bridgehead atoms.